The Morgan fingerprint density at radius 3 is 2.21 bits per heavy atom. The number of sulfonamides is 1. The van der Waals surface area contributed by atoms with Crippen LogP contribution >= 0.6 is 0 Å². The lowest BCUT2D eigenvalue weighted by atomic mass is 9.48. The molecule has 28 heavy (non-hydrogen) atoms. The molecule has 0 spiro atoms. The molecule has 1 aromatic rings. The molecule has 1 amide bonds. The predicted octanol–water partition coefficient (Wildman–Crippen LogP) is 3.54. The second-order valence-corrected chi connectivity index (χ2v) is 10.9. The van der Waals surface area contributed by atoms with Crippen molar-refractivity contribution in [1.82, 2.24) is 4.72 Å². The van der Waals surface area contributed by atoms with Crippen LogP contribution < -0.4 is 14.8 Å². The van der Waals surface area contributed by atoms with E-state index in [0.717, 1.165) is 37.0 Å². The number of methoxy groups -OCH3 is 1. The minimum absolute atomic E-state index is 0.0920. The van der Waals surface area contributed by atoms with Crippen LogP contribution in [-0.4, -0.2) is 27.5 Å². The maximum atomic E-state index is 13.1. The molecule has 1 atom stereocenters. The summed E-state index contributed by atoms with van der Waals surface area (Å²) >= 11 is 0. The number of nitrogens with one attached hydrogen (secondary N) is 2. The molecule has 4 aliphatic carbocycles. The monoisotopic (exact) mass is 406 g/mol. The number of anilines is 1. The van der Waals surface area contributed by atoms with E-state index in [1.54, 1.807) is 6.07 Å². The van der Waals surface area contributed by atoms with Crippen LogP contribution in [0.3, 0.4) is 0 Å². The van der Waals surface area contributed by atoms with E-state index in [2.05, 4.69) is 10.0 Å². The molecule has 4 saturated carbocycles. The van der Waals surface area contributed by atoms with Gasteiger partial charge in [-0.25, -0.2) is 13.1 Å². The van der Waals surface area contributed by atoms with Crippen LogP contribution in [0.1, 0.15) is 52.4 Å². The SMILES string of the molecule is COc1ccc(S(=O)(=O)N[C@H](C)C23CC4CC(CC(C4)C2)C3)cc1NC(C)=O. The van der Waals surface area contributed by atoms with Gasteiger partial charge >= 0.3 is 0 Å². The van der Waals surface area contributed by atoms with Gasteiger partial charge in [-0.3, -0.25) is 4.79 Å². The van der Waals surface area contributed by atoms with Gasteiger partial charge in [0.05, 0.1) is 17.7 Å². The minimum Gasteiger partial charge on any atom is -0.495 e. The highest BCUT2D eigenvalue weighted by Gasteiger charge is 2.53. The first-order chi connectivity index (χ1) is 13.2. The molecule has 0 aromatic heterocycles. The van der Waals surface area contributed by atoms with E-state index in [0.29, 0.717) is 11.4 Å². The fraction of sp³-hybridized carbons (Fsp3) is 0.667. The van der Waals surface area contributed by atoms with Crippen LogP contribution in [0.5, 0.6) is 5.75 Å². The van der Waals surface area contributed by atoms with Crippen molar-refractivity contribution in [3.8, 4) is 5.75 Å². The fourth-order valence-electron chi connectivity index (χ4n) is 6.28. The predicted molar refractivity (Wildman–Crippen MR) is 108 cm³/mol. The van der Waals surface area contributed by atoms with E-state index in [9.17, 15) is 13.2 Å². The molecule has 154 valence electrons. The molecule has 7 heteroatoms. The average molecular weight is 407 g/mol. The number of ether oxygens (including phenoxy) is 1. The fourth-order valence-corrected chi connectivity index (χ4v) is 7.65. The first-order valence-electron chi connectivity index (χ1n) is 10.2. The van der Waals surface area contributed by atoms with Gasteiger partial charge in [-0.2, -0.15) is 0 Å². The van der Waals surface area contributed by atoms with Gasteiger partial charge in [-0.1, -0.05) is 0 Å². The summed E-state index contributed by atoms with van der Waals surface area (Å²) in [6, 6.07) is 4.47. The molecule has 1 aromatic carbocycles. The lowest BCUT2D eigenvalue weighted by Gasteiger charge is -2.59. The number of hydrogen-bond acceptors (Lipinski definition) is 4. The Balaban J connectivity index is 1.56. The highest BCUT2D eigenvalue weighted by Crippen LogP contribution is 2.61. The van der Waals surface area contributed by atoms with Gasteiger partial charge < -0.3 is 10.1 Å². The second-order valence-electron chi connectivity index (χ2n) is 9.17. The summed E-state index contributed by atoms with van der Waals surface area (Å²) in [6.45, 7) is 3.41. The first-order valence-corrected chi connectivity index (χ1v) is 11.7. The Kier molecular flexibility index (Phi) is 4.94. The van der Waals surface area contributed by atoms with Crippen molar-refractivity contribution >= 4 is 21.6 Å². The lowest BCUT2D eigenvalue weighted by Crippen LogP contribution is -2.55. The van der Waals surface area contributed by atoms with Gasteiger partial charge in [0.15, 0.2) is 0 Å². The maximum Gasteiger partial charge on any atom is 0.240 e. The van der Waals surface area contributed by atoms with E-state index in [-0.39, 0.29) is 22.3 Å². The molecule has 2 N–H and O–H groups in total. The van der Waals surface area contributed by atoms with Gasteiger partial charge in [-0.05, 0) is 86.8 Å². The summed E-state index contributed by atoms with van der Waals surface area (Å²) in [7, 11) is -2.20. The maximum absolute atomic E-state index is 13.1. The molecule has 0 heterocycles. The standard InChI is InChI=1S/C21H30N2O4S/c1-13(21-10-15-6-16(11-21)8-17(7-15)12-21)23-28(25,26)18-4-5-20(27-3)19(9-18)22-14(2)24/h4-5,9,13,15-17,23H,6-8,10-12H2,1-3H3,(H,22,24)/t13-,15?,16?,17?,21?/m1/s1. The third-order valence-corrected chi connectivity index (χ3v) is 8.67. The number of carbonyl (C=O) groups is 1. The molecular formula is C21H30N2O4S. The number of amides is 1. The quantitative estimate of drug-likeness (QED) is 0.757. The van der Waals surface area contributed by atoms with Crippen LogP contribution in [-0.2, 0) is 14.8 Å². The lowest BCUT2D eigenvalue weighted by molar-refractivity contribution is -0.114. The highest BCUT2D eigenvalue weighted by molar-refractivity contribution is 7.89. The van der Waals surface area contributed by atoms with Crippen LogP contribution in [0.15, 0.2) is 23.1 Å². The van der Waals surface area contributed by atoms with Gasteiger partial charge in [0.1, 0.15) is 5.75 Å². The van der Waals surface area contributed by atoms with Crippen LogP contribution in [0.2, 0.25) is 0 Å². The Hall–Kier alpha value is -1.60. The summed E-state index contributed by atoms with van der Waals surface area (Å²) in [5.41, 5.74) is 0.453. The molecule has 0 saturated heterocycles. The molecule has 6 nitrogen and oxygen atoms in total. The van der Waals surface area contributed by atoms with Gasteiger partial charge in [0.2, 0.25) is 15.9 Å². The van der Waals surface area contributed by atoms with E-state index >= 15 is 0 Å². The number of benzene rings is 1. The Morgan fingerprint density at radius 2 is 1.71 bits per heavy atom. The van der Waals surface area contributed by atoms with Crippen LogP contribution in [0.4, 0.5) is 5.69 Å². The molecule has 5 rings (SSSR count). The zero-order valence-corrected chi connectivity index (χ0v) is 17.6. The van der Waals surface area contributed by atoms with E-state index in [4.69, 9.17) is 4.74 Å². The van der Waals surface area contributed by atoms with Crippen LogP contribution in [0.25, 0.3) is 0 Å². The average Bonchev–Trinajstić information content (AvgIpc) is 2.59. The molecule has 4 fully saturated rings. The molecular weight excluding hydrogens is 376 g/mol. The molecule has 0 aliphatic heterocycles. The van der Waals surface area contributed by atoms with Crippen molar-refractivity contribution in [1.29, 1.82) is 0 Å². The third kappa shape index (κ3) is 3.54. The second kappa shape index (κ2) is 7.02. The summed E-state index contributed by atoms with van der Waals surface area (Å²) in [5, 5.41) is 2.64. The first kappa shape index (κ1) is 19.7. The zero-order valence-electron chi connectivity index (χ0n) is 16.8. The minimum atomic E-state index is -3.69. The zero-order chi connectivity index (χ0) is 20.1. The van der Waals surface area contributed by atoms with Gasteiger partial charge in [0.25, 0.3) is 0 Å². The number of hydrogen-bond donors (Lipinski definition) is 2. The van der Waals surface area contributed by atoms with Crippen molar-refractivity contribution in [2.45, 2.75) is 63.3 Å². The largest absolute Gasteiger partial charge is 0.495 e. The molecule has 0 unspecified atom stereocenters. The normalized spacial score (nSPS) is 32.2. The summed E-state index contributed by atoms with van der Waals surface area (Å²) in [5.74, 6) is 2.47. The number of rotatable bonds is 6. The van der Waals surface area contributed by atoms with E-state index < -0.39 is 10.0 Å². The smallest absolute Gasteiger partial charge is 0.240 e. The molecule has 0 radical (unpaired) electrons. The van der Waals surface area contributed by atoms with Crippen molar-refractivity contribution in [2.24, 2.45) is 23.2 Å². The van der Waals surface area contributed by atoms with Gasteiger partial charge in [-0.15, -0.1) is 0 Å². The Bertz CT molecular complexity index is 845. The summed E-state index contributed by atoms with van der Waals surface area (Å²) in [4.78, 5) is 11.6. The van der Waals surface area contributed by atoms with Crippen molar-refractivity contribution < 1.29 is 17.9 Å². The van der Waals surface area contributed by atoms with Crippen molar-refractivity contribution in [2.75, 3.05) is 12.4 Å². The molecule has 4 bridgehead atoms. The molecule has 4 aliphatic rings. The van der Waals surface area contributed by atoms with E-state index in [1.807, 2.05) is 6.92 Å². The van der Waals surface area contributed by atoms with Crippen molar-refractivity contribution in [3.63, 3.8) is 0 Å². The third-order valence-electron chi connectivity index (χ3n) is 7.13. The Labute approximate surface area is 167 Å². The van der Waals surface area contributed by atoms with Gasteiger partial charge in [0, 0.05) is 13.0 Å². The van der Waals surface area contributed by atoms with E-state index in [1.165, 1.54) is 45.4 Å². The Morgan fingerprint density at radius 1 is 1.14 bits per heavy atom. The highest BCUT2D eigenvalue weighted by atomic mass is 32.2. The summed E-state index contributed by atoms with van der Waals surface area (Å²) < 4.78 is 34.4. The van der Waals surface area contributed by atoms with Crippen LogP contribution in [0, 0.1) is 23.2 Å². The van der Waals surface area contributed by atoms with Crippen molar-refractivity contribution in [3.05, 3.63) is 18.2 Å². The topological polar surface area (TPSA) is 84.5 Å². The summed E-state index contributed by atoms with van der Waals surface area (Å²) in [6.07, 6.45) is 7.42. The number of carbonyl (C=O) groups excluding carboxylic acids is 1.